The molecule has 0 fully saturated rings. The van der Waals surface area contributed by atoms with Crippen molar-refractivity contribution in [2.24, 2.45) is 0 Å². The van der Waals surface area contributed by atoms with Crippen LogP contribution in [0, 0.1) is 12.7 Å². The van der Waals surface area contributed by atoms with Gasteiger partial charge in [0, 0.05) is 23.7 Å². The summed E-state index contributed by atoms with van der Waals surface area (Å²) in [4.78, 5) is 27.8. The molecule has 0 saturated carbocycles. The smallest absolute Gasteiger partial charge is 0.264 e. The zero-order valence-electron chi connectivity index (χ0n) is 21.5. The first-order chi connectivity index (χ1) is 18.0. The summed E-state index contributed by atoms with van der Waals surface area (Å²) >= 11 is 6.02. The van der Waals surface area contributed by atoms with Crippen molar-refractivity contribution in [2.45, 2.75) is 44.7 Å². The Morgan fingerprint density at radius 1 is 1.00 bits per heavy atom. The molecule has 7 nitrogen and oxygen atoms in total. The second-order valence-corrected chi connectivity index (χ2v) is 11.2. The molecular weight excluding hydrogens is 529 g/mol. The summed E-state index contributed by atoms with van der Waals surface area (Å²) in [7, 11) is -4.19. The predicted octanol–water partition coefficient (Wildman–Crippen LogP) is 4.93. The SMILES string of the molecule is CCCNC(=O)[C@H](C)N(Cc1ccccc1F)C(=O)CN(c1ccc(Cl)cc1)S(=O)(=O)c1ccc(C)cc1. The molecule has 3 aromatic carbocycles. The third kappa shape index (κ3) is 7.11. The van der Waals surface area contributed by atoms with Crippen molar-refractivity contribution in [2.75, 3.05) is 17.4 Å². The molecule has 0 bridgehead atoms. The van der Waals surface area contributed by atoms with E-state index in [1.54, 1.807) is 18.2 Å². The Labute approximate surface area is 228 Å². The summed E-state index contributed by atoms with van der Waals surface area (Å²) in [5.41, 5.74) is 1.30. The van der Waals surface area contributed by atoms with E-state index in [-0.39, 0.29) is 22.7 Å². The van der Waals surface area contributed by atoms with E-state index in [0.717, 1.165) is 9.87 Å². The first-order valence-electron chi connectivity index (χ1n) is 12.2. The Hall–Kier alpha value is -3.43. The van der Waals surface area contributed by atoms with Gasteiger partial charge in [0.1, 0.15) is 18.4 Å². The number of aryl methyl sites for hydroxylation is 1. The average molecular weight is 560 g/mol. The van der Waals surface area contributed by atoms with E-state index in [1.165, 1.54) is 66.4 Å². The average Bonchev–Trinajstić information content (AvgIpc) is 2.90. The van der Waals surface area contributed by atoms with Gasteiger partial charge in [-0.3, -0.25) is 13.9 Å². The number of amides is 2. The molecule has 3 rings (SSSR count). The summed E-state index contributed by atoms with van der Waals surface area (Å²) in [5, 5.41) is 3.15. The molecule has 1 atom stereocenters. The fourth-order valence-electron chi connectivity index (χ4n) is 3.76. The van der Waals surface area contributed by atoms with E-state index in [9.17, 15) is 22.4 Å². The van der Waals surface area contributed by atoms with Crippen LogP contribution < -0.4 is 9.62 Å². The second kappa shape index (κ2) is 12.9. The van der Waals surface area contributed by atoms with E-state index in [0.29, 0.717) is 18.0 Å². The number of anilines is 1. The summed E-state index contributed by atoms with van der Waals surface area (Å²) in [6, 6.07) is 17.3. The van der Waals surface area contributed by atoms with Gasteiger partial charge in [0.2, 0.25) is 11.8 Å². The lowest BCUT2D eigenvalue weighted by molar-refractivity contribution is -0.139. The Morgan fingerprint density at radius 2 is 1.63 bits per heavy atom. The van der Waals surface area contributed by atoms with Crippen molar-refractivity contribution in [1.29, 1.82) is 0 Å². The van der Waals surface area contributed by atoms with Crippen LogP contribution in [0.3, 0.4) is 0 Å². The van der Waals surface area contributed by atoms with E-state index >= 15 is 0 Å². The molecule has 202 valence electrons. The number of hydrogen-bond acceptors (Lipinski definition) is 4. The molecule has 0 spiro atoms. The zero-order chi connectivity index (χ0) is 27.9. The minimum atomic E-state index is -4.19. The van der Waals surface area contributed by atoms with E-state index in [2.05, 4.69) is 5.32 Å². The van der Waals surface area contributed by atoms with Gasteiger partial charge in [-0.1, -0.05) is 54.4 Å². The van der Waals surface area contributed by atoms with Gasteiger partial charge in [-0.05, 0) is 62.7 Å². The van der Waals surface area contributed by atoms with Gasteiger partial charge in [-0.25, -0.2) is 12.8 Å². The molecule has 0 radical (unpaired) electrons. The van der Waals surface area contributed by atoms with Crippen molar-refractivity contribution in [3.05, 3.63) is 94.8 Å². The number of nitrogens with zero attached hydrogens (tertiary/aromatic N) is 2. The van der Waals surface area contributed by atoms with Crippen LogP contribution in [0.2, 0.25) is 5.02 Å². The fraction of sp³-hybridized carbons (Fsp3) is 0.286. The number of nitrogens with one attached hydrogen (secondary N) is 1. The van der Waals surface area contributed by atoms with Gasteiger partial charge in [0.15, 0.2) is 0 Å². The number of benzene rings is 3. The quantitative estimate of drug-likeness (QED) is 0.361. The molecule has 38 heavy (non-hydrogen) atoms. The first-order valence-corrected chi connectivity index (χ1v) is 14.0. The van der Waals surface area contributed by atoms with Gasteiger partial charge >= 0.3 is 0 Å². The number of rotatable bonds is 11. The summed E-state index contributed by atoms with van der Waals surface area (Å²) in [6.45, 7) is 4.84. The van der Waals surface area contributed by atoms with Crippen LogP contribution in [-0.2, 0) is 26.2 Å². The molecule has 1 N–H and O–H groups in total. The van der Waals surface area contributed by atoms with Crippen LogP contribution in [0.15, 0.2) is 77.7 Å². The van der Waals surface area contributed by atoms with Crippen LogP contribution in [0.4, 0.5) is 10.1 Å². The fourth-order valence-corrected chi connectivity index (χ4v) is 5.30. The zero-order valence-corrected chi connectivity index (χ0v) is 23.1. The molecule has 0 aliphatic rings. The standard InChI is InChI=1S/C28H31ClFN3O4S/c1-4-17-31-28(35)21(3)32(18-22-7-5-6-8-26(22)30)27(34)19-33(24-13-11-23(29)12-14-24)38(36,37)25-15-9-20(2)10-16-25/h5-16,21H,4,17-19H2,1-3H3,(H,31,35)/t21-/m0/s1. The highest BCUT2D eigenvalue weighted by Crippen LogP contribution is 2.26. The van der Waals surface area contributed by atoms with Crippen LogP contribution in [0.25, 0.3) is 0 Å². The number of carbonyl (C=O) groups is 2. The van der Waals surface area contributed by atoms with Crippen molar-refractivity contribution >= 4 is 39.1 Å². The maximum absolute atomic E-state index is 14.5. The number of hydrogen-bond donors (Lipinski definition) is 1. The molecule has 2 amide bonds. The molecule has 0 unspecified atom stereocenters. The molecular formula is C28H31ClFN3O4S. The largest absolute Gasteiger partial charge is 0.354 e. The monoisotopic (exact) mass is 559 g/mol. The Kier molecular flexibility index (Phi) is 9.88. The lowest BCUT2D eigenvalue weighted by Gasteiger charge is -2.32. The summed E-state index contributed by atoms with van der Waals surface area (Å²) in [6.07, 6.45) is 0.693. The Morgan fingerprint density at radius 3 is 2.24 bits per heavy atom. The molecule has 10 heteroatoms. The molecule has 0 aromatic heterocycles. The highest BCUT2D eigenvalue weighted by atomic mass is 35.5. The van der Waals surface area contributed by atoms with E-state index in [1.807, 2.05) is 13.8 Å². The highest BCUT2D eigenvalue weighted by molar-refractivity contribution is 7.92. The van der Waals surface area contributed by atoms with Gasteiger partial charge in [0.25, 0.3) is 10.0 Å². The van der Waals surface area contributed by atoms with E-state index in [4.69, 9.17) is 11.6 Å². The number of sulfonamides is 1. The van der Waals surface area contributed by atoms with Gasteiger partial charge in [-0.2, -0.15) is 0 Å². The minimum Gasteiger partial charge on any atom is -0.354 e. The van der Waals surface area contributed by atoms with Crippen LogP contribution in [-0.4, -0.2) is 44.3 Å². The molecule has 3 aromatic rings. The Balaban J connectivity index is 2.02. The lowest BCUT2D eigenvalue weighted by Crippen LogP contribution is -2.51. The maximum Gasteiger partial charge on any atom is 0.264 e. The van der Waals surface area contributed by atoms with Gasteiger partial charge in [0.05, 0.1) is 10.6 Å². The highest BCUT2D eigenvalue weighted by Gasteiger charge is 2.32. The summed E-state index contributed by atoms with van der Waals surface area (Å²) in [5.74, 6) is -1.62. The van der Waals surface area contributed by atoms with E-state index < -0.39 is 40.2 Å². The second-order valence-electron chi connectivity index (χ2n) is 8.88. The molecule has 0 aliphatic carbocycles. The number of carbonyl (C=O) groups excluding carboxylic acids is 2. The number of halogens is 2. The van der Waals surface area contributed by atoms with Crippen molar-refractivity contribution in [3.8, 4) is 0 Å². The van der Waals surface area contributed by atoms with Crippen LogP contribution >= 0.6 is 11.6 Å². The first kappa shape index (κ1) is 29.1. The minimum absolute atomic E-state index is 0.000223. The normalized spacial score (nSPS) is 12.0. The predicted molar refractivity (Wildman–Crippen MR) is 147 cm³/mol. The molecule has 0 heterocycles. The summed E-state index contributed by atoms with van der Waals surface area (Å²) < 4.78 is 43.0. The van der Waals surface area contributed by atoms with Crippen molar-refractivity contribution < 1.29 is 22.4 Å². The third-order valence-electron chi connectivity index (χ3n) is 6.02. The third-order valence-corrected chi connectivity index (χ3v) is 8.06. The van der Waals surface area contributed by atoms with Gasteiger partial charge in [-0.15, -0.1) is 0 Å². The topological polar surface area (TPSA) is 86.8 Å². The van der Waals surface area contributed by atoms with Gasteiger partial charge < -0.3 is 10.2 Å². The van der Waals surface area contributed by atoms with Crippen molar-refractivity contribution in [1.82, 2.24) is 10.2 Å². The van der Waals surface area contributed by atoms with Crippen LogP contribution in [0.1, 0.15) is 31.4 Å². The Bertz CT molecular complexity index is 1370. The lowest BCUT2D eigenvalue weighted by atomic mass is 10.1. The molecule has 0 saturated heterocycles. The van der Waals surface area contributed by atoms with Crippen molar-refractivity contribution in [3.63, 3.8) is 0 Å². The maximum atomic E-state index is 14.5. The van der Waals surface area contributed by atoms with Crippen LogP contribution in [0.5, 0.6) is 0 Å². The molecule has 0 aliphatic heterocycles.